The van der Waals surface area contributed by atoms with E-state index in [4.69, 9.17) is 4.42 Å². The Hall–Kier alpha value is -1.86. The molecule has 0 radical (unpaired) electrons. The Morgan fingerprint density at radius 1 is 1.39 bits per heavy atom. The van der Waals surface area contributed by atoms with Crippen LogP contribution in [0.25, 0.3) is 11.1 Å². The van der Waals surface area contributed by atoms with Gasteiger partial charge in [0.15, 0.2) is 5.58 Å². The van der Waals surface area contributed by atoms with Crippen molar-refractivity contribution >= 4 is 40.1 Å². The van der Waals surface area contributed by atoms with E-state index >= 15 is 0 Å². The first-order chi connectivity index (χ1) is 11.2. The number of fused-ring (bicyclic) bond motifs is 1. The molecule has 0 fully saturated rings. The Bertz CT molecular complexity index is 826. The molecular formula is C16H17N3O2S2. The van der Waals surface area contributed by atoms with Gasteiger partial charge >= 0.3 is 0 Å². The molecule has 7 heteroatoms. The van der Waals surface area contributed by atoms with Crippen molar-refractivity contribution in [2.45, 2.75) is 31.2 Å². The summed E-state index contributed by atoms with van der Waals surface area (Å²) in [6, 6.07) is 5.80. The topological polar surface area (TPSA) is 68.0 Å². The molecule has 23 heavy (non-hydrogen) atoms. The molecule has 0 saturated heterocycles. The third kappa shape index (κ3) is 3.92. The number of para-hydroxylation sites is 1. The van der Waals surface area contributed by atoms with Gasteiger partial charge in [0, 0.05) is 5.38 Å². The van der Waals surface area contributed by atoms with Crippen molar-refractivity contribution in [1.82, 2.24) is 15.3 Å². The zero-order valence-electron chi connectivity index (χ0n) is 13.0. The van der Waals surface area contributed by atoms with E-state index in [1.165, 1.54) is 0 Å². The van der Waals surface area contributed by atoms with E-state index in [0.717, 1.165) is 32.4 Å². The normalized spacial score (nSPS) is 11.0. The summed E-state index contributed by atoms with van der Waals surface area (Å²) in [6.07, 6.45) is 0.278. The average molecular weight is 347 g/mol. The van der Waals surface area contributed by atoms with Crippen LogP contribution >= 0.6 is 23.1 Å². The Morgan fingerprint density at radius 3 is 3.04 bits per heavy atom. The molecule has 1 amide bonds. The highest BCUT2D eigenvalue weighted by atomic mass is 32.2. The van der Waals surface area contributed by atoms with Crippen molar-refractivity contribution in [2.75, 3.05) is 5.75 Å². The van der Waals surface area contributed by atoms with Gasteiger partial charge in [-0.15, -0.1) is 11.3 Å². The summed E-state index contributed by atoms with van der Waals surface area (Å²) in [7, 11) is 0. The van der Waals surface area contributed by atoms with Crippen LogP contribution in [0.5, 0.6) is 0 Å². The maximum Gasteiger partial charge on any atom is 0.226 e. The van der Waals surface area contributed by atoms with Crippen LogP contribution in [0.1, 0.15) is 24.1 Å². The highest BCUT2D eigenvalue weighted by Gasteiger charge is 2.11. The molecule has 1 aromatic carbocycles. The molecule has 0 bridgehead atoms. The zero-order valence-corrected chi connectivity index (χ0v) is 14.6. The molecular weight excluding hydrogens is 330 g/mol. The summed E-state index contributed by atoms with van der Waals surface area (Å²) in [5, 5.41) is 4.76. The van der Waals surface area contributed by atoms with Gasteiger partial charge in [-0.3, -0.25) is 4.79 Å². The number of oxazole rings is 1. The van der Waals surface area contributed by atoms with E-state index in [1.807, 2.05) is 30.5 Å². The fourth-order valence-corrected chi connectivity index (χ4v) is 3.91. The van der Waals surface area contributed by atoms with Gasteiger partial charge in [-0.25, -0.2) is 9.97 Å². The van der Waals surface area contributed by atoms with Crippen molar-refractivity contribution in [3.63, 3.8) is 0 Å². The summed E-state index contributed by atoms with van der Waals surface area (Å²) >= 11 is 3.26. The smallest absolute Gasteiger partial charge is 0.226 e. The molecule has 3 aromatic rings. The van der Waals surface area contributed by atoms with E-state index in [1.54, 1.807) is 23.1 Å². The summed E-state index contributed by atoms with van der Waals surface area (Å²) in [6.45, 7) is 4.36. The van der Waals surface area contributed by atoms with Crippen LogP contribution in [-0.4, -0.2) is 21.6 Å². The van der Waals surface area contributed by atoms with E-state index in [0.29, 0.717) is 5.89 Å². The summed E-state index contributed by atoms with van der Waals surface area (Å²) in [5.74, 6) is 1.42. The largest absolute Gasteiger partial charge is 0.439 e. The van der Waals surface area contributed by atoms with Gasteiger partial charge < -0.3 is 9.73 Å². The Balaban J connectivity index is 1.58. The molecule has 120 valence electrons. The van der Waals surface area contributed by atoms with Crippen LogP contribution in [-0.2, 0) is 17.8 Å². The van der Waals surface area contributed by atoms with Crippen LogP contribution in [0.2, 0.25) is 0 Å². The molecule has 0 atom stereocenters. The third-order valence-electron chi connectivity index (χ3n) is 3.24. The number of rotatable bonds is 6. The van der Waals surface area contributed by atoms with Crippen molar-refractivity contribution in [3.05, 3.63) is 40.7 Å². The van der Waals surface area contributed by atoms with Gasteiger partial charge in [-0.05, 0) is 24.3 Å². The standard InChI is InChI=1S/C16H17N3O2S2/c1-3-22-16-18-11(9-23-16)7-13(20)17-8-14-19-15-10(2)5-4-6-12(15)21-14/h4-6,9H,3,7-8H2,1-2H3,(H,17,20). The molecule has 2 heterocycles. The van der Waals surface area contributed by atoms with Crippen molar-refractivity contribution < 1.29 is 9.21 Å². The van der Waals surface area contributed by atoms with Gasteiger partial charge in [0.1, 0.15) is 9.86 Å². The molecule has 5 nitrogen and oxygen atoms in total. The number of thiazole rings is 1. The van der Waals surface area contributed by atoms with Crippen molar-refractivity contribution in [2.24, 2.45) is 0 Å². The molecule has 1 N–H and O–H groups in total. The van der Waals surface area contributed by atoms with Crippen LogP contribution < -0.4 is 5.32 Å². The minimum absolute atomic E-state index is 0.0812. The predicted octanol–water partition coefficient (Wildman–Crippen LogP) is 3.56. The Kier molecular flexibility index (Phi) is 4.97. The predicted molar refractivity (Wildman–Crippen MR) is 92.8 cm³/mol. The number of aryl methyl sites for hydroxylation is 1. The van der Waals surface area contributed by atoms with Gasteiger partial charge in [0.05, 0.1) is 18.7 Å². The van der Waals surface area contributed by atoms with Crippen molar-refractivity contribution in [1.29, 1.82) is 0 Å². The summed E-state index contributed by atoms with van der Waals surface area (Å²) in [4.78, 5) is 20.9. The maximum absolute atomic E-state index is 12.0. The average Bonchev–Trinajstić information content (AvgIpc) is 3.13. The lowest BCUT2D eigenvalue weighted by Gasteiger charge is -2.00. The lowest BCUT2D eigenvalue weighted by Crippen LogP contribution is -2.24. The highest BCUT2D eigenvalue weighted by Crippen LogP contribution is 2.22. The minimum Gasteiger partial charge on any atom is -0.439 e. The fourth-order valence-electron chi connectivity index (χ4n) is 2.17. The number of benzene rings is 1. The second kappa shape index (κ2) is 7.14. The van der Waals surface area contributed by atoms with Crippen LogP contribution in [0.4, 0.5) is 0 Å². The molecule has 2 aromatic heterocycles. The van der Waals surface area contributed by atoms with E-state index in [9.17, 15) is 4.79 Å². The lowest BCUT2D eigenvalue weighted by molar-refractivity contribution is -0.120. The number of hydrogen-bond donors (Lipinski definition) is 1. The lowest BCUT2D eigenvalue weighted by atomic mass is 10.2. The summed E-state index contributed by atoms with van der Waals surface area (Å²) < 4.78 is 6.65. The van der Waals surface area contributed by atoms with Crippen LogP contribution in [0, 0.1) is 6.92 Å². The third-order valence-corrected chi connectivity index (χ3v) is 5.19. The van der Waals surface area contributed by atoms with E-state index in [2.05, 4.69) is 22.2 Å². The maximum atomic E-state index is 12.0. The SMILES string of the molecule is CCSc1nc(CC(=O)NCc2nc3c(C)cccc3o2)cs1. The first-order valence-electron chi connectivity index (χ1n) is 7.34. The molecule has 0 spiro atoms. The first-order valence-corrected chi connectivity index (χ1v) is 9.21. The number of carbonyl (C=O) groups is 1. The minimum atomic E-state index is -0.0812. The van der Waals surface area contributed by atoms with Gasteiger partial charge in [0.25, 0.3) is 0 Å². The highest BCUT2D eigenvalue weighted by molar-refractivity contribution is 8.00. The number of hydrogen-bond acceptors (Lipinski definition) is 6. The van der Waals surface area contributed by atoms with Crippen LogP contribution in [0.15, 0.2) is 32.3 Å². The summed E-state index contributed by atoms with van der Waals surface area (Å²) in [5.41, 5.74) is 3.46. The Labute approximate surface area is 142 Å². The molecule has 0 unspecified atom stereocenters. The first kappa shape index (κ1) is 16.0. The number of nitrogens with zero attached hydrogens (tertiary/aromatic N) is 2. The fraction of sp³-hybridized carbons (Fsp3) is 0.312. The Morgan fingerprint density at radius 2 is 2.26 bits per heavy atom. The number of carbonyl (C=O) groups excluding carboxylic acids is 1. The van der Waals surface area contributed by atoms with Crippen LogP contribution in [0.3, 0.4) is 0 Å². The van der Waals surface area contributed by atoms with E-state index < -0.39 is 0 Å². The zero-order chi connectivity index (χ0) is 16.2. The van der Waals surface area contributed by atoms with Crippen molar-refractivity contribution in [3.8, 4) is 0 Å². The molecule has 0 aliphatic heterocycles. The van der Waals surface area contributed by atoms with Gasteiger partial charge in [-0.2, -0.15) is 0 Å². The quantitative estimate of drug-likeness (QED) is 0.691. The second-order valence-electron chi connectivity index (χ2n) is 5.02. The number of nitrogens with one attached hydrogen (secondary N) is 1. The molecule has 3 rings (SSSR count). The molecule has 0 saturated carbocycles. The van der Waals surface area contributed by atoms with E-state index in [-0.39, 0.29) is 18.9 Å². The number of aromatic nitrogens is 2. The van der Waals surface area contributed by atoms with Gasteiger partial charge in [0.2, 0.25) is 11.8 Å². The monoisotopic (exact) mass is 347 g/mol. The number of thioether (sulfide) groups is 1. The molecule has 0 aliphatic carbocycles. The van der Waals surface area contributed by atoms with Gasteiger partial charge in [-0.1, -0.05) is 30.8 Å². The molecule has 0 aliphatic rings. The second-order valence-corrected chi connectivity index (χ2v) is 7.39. The number of amides is 1.